The third kappa shape index (κ3) is 6.19. The van der Waals surface area contributed by atoms with Crippen molar-refractivity contribution in [3.63, 3.8) is 0 Å². The lowest BCUT2D eigenvalue weighted by Crippen LogP contribution is -2.23. The highest BCUT2D eigenvalue weighted by Gasteiger charge is 2.21. The summed E-state index contributed by atoms with van der Waals surface area (Å²) in [7, 11) is -4.11. The molecule has 0 radical (unpaired) electrons. The number of hydrogen-bond acceptors (Lipinski definition) is 5. The van der Waals surface area contributed by atoms with Crippen LogP contribution in [0.1, 0.15) is 33.3 Å². The van der Waals surface area contributed by atoms with Crippen molar-refractivity contribution >= 4 is 27.3 Å². The summed E-state index contributed by atoms with van der Waals surface area (Å²) in [6, 6.07) is 13.3. The second kappa shape index (κ2) is 10.6. The fourth-order valence-corrected chi connectivity index (χ4v) is 4.58. The van der Waals surface area contributed by atoms with Gasteiger partial charge in [0.15, 0.2) is 5.84 Å². The maximum absolute atomic E-state index is 13.0. The van der Waals surface area contributed by atoms with Crippen molar-refractivity contribution in [3.05, 3.63) is 106 Å². The van der Waals surface area contributed by atoms with Crippen LogP contribution in [0.25, 0.3) is 0 Å². The molecule has 1 N–H and O–H groups in total. The molecule has 0 aliphatic heterocycles. The van der Waals surface area contributed by atoms with Crippen LogP contribution in [0, 0.1) is 22.0 Å². The van der Waals surface area contributed by atoms with E-state index >= 15 is 0 Å². The lowest BCUT2D eigenvalue weighted by atomic mass is 9.81. The van der Waals surface area contributed by atoms with Gasteiger partial charge in [0.05, 0.1) is 15.5 Å². The first-order chi connectivity index (χ1) is 16.5. The number of allylic oxidation sites excluding steroid dienone is 5. The maximum Gasteiger partial charge on any atom is 0.284 e. The van der Waals surface area contributed by atoms with Crippen LogP contribution in [-0.4, -0.2) is 24.9 Å². The molecule has 1 aliphatic rings. The van der Waals surface area contributed by atoms with Crippen molar-refractivity contribution in [2.24, 2.45) is 21.3 Å². The Kier molecular flexibility index (Phi) is 7.81. The van der Waals surface area contributed by atoms with Gasteiger partial charge in [0, 0.05) is 17.7 Å². The Labute approximate surface area is 205 Å². The molecule has 3 rings (SSSR count). The number of hydrazone groups is 1. The SMILES string of the molecule is C=C1C(C(C)C)=CC(=NNC(=NS(=O)(=O)c2ccccc2)c2cccc([N+](=O)[O-])c2)C=C1C(C)C. The van der Waals surface area contributed by atoms with E-state index in [2.05, 4.69) is 49.2 Å². The van der Waals surface area contributed by atoms with Crippen molar-refractivity contribution in [1.82, 2.24) is 5.43 Å². The Bertz CT molecular complexity index is 1340. The first-order valence-electron chi connectivity index (χ1n) is 11.1. The van der Waals surface area contributed by atoms with Crippen molar-refractivity contribution in [2.75, 3.05) is 0 Å². The molecule has 182 valence electrons. The van der Waals surface area contributed by atoms with E-state index < -0.39 is 14.9 Å². The van der Waals surface area contributed by atoms with Crippen LogP contribution < -0.4 is 5.43 Å². The zero-order chi connectivity index (χ0) is 25.8. The molecule has 0 saturated heterocycles. The van der Waals surface area contributed by atoms with Crippen LogP contribution in [0.5, 0.6) is 0 Å². The van der Waals surface area contributed by atoms with E-state index in [-0.39, 0.29) is 33.8 Å². The fourth-order valence-electron chi connectivity index (χ4n) is 3.58. The van der Waals surface area contributed by atoms with E-state index in [4.69, 9.17) is 0 Å². The van der Waals surface area contributed by atoms with Crippen LogP contribution in [0.3, 0.4) is 0 Å². The molecule has 35 heavy (non-hydrogen) atoms. The number of sulfonamides is 1. The first kappa shape index (κ1) is 25.8. The molecule has 2 aromatic rings. The van der Waals surface area contributed by atoms with E-state index in [1.54, 1.807) is 18.2 Å². The van der Waals surface area contributed by atoms with Crippen molar-refractivity contribution in [1.29, 1.82) is 0 Å². The van der Waals surface area contributed by atoms with Gasteiger partial charge in [-0.3, -0.25) is 15.5 Å². The number of nitro benzene ring substituents is 1. The second-order valence-electron chi connectivity index (χ2n) is 8.67. The normalized spacial score (nSPS) is 14.6. The largest absolute Gasteiger partial charge is 0.284 e. The first-order valence-corrected chi connectivity index (χ1v) is 12.5. The molecule has 9 heteroatoms. The van der Waals surface area contributed by atoms with Gasteiger partial charge < -0.3 is 0 Å². The molecule has 0 amide bonds. The van der Waals surface area contributed by atoms with E-state index in [1.165, 1.54) is 36.4 Å². The Balaban J connectivity index is 2.11. The number of amidine groups is 1. The quantitative estimate of drug-likeness (QED) is 0.240. The van der Waals surface area contributed by atoms with Gasteiger partial charge in [0.1, 0.15) is 0 Å². The van der Waals surface area contributed by atoms with Crippen LogP contribution >= 0.6 is 0 Å². The summed E-state index contributed by atoms with van der Waals surface area (Å²) in [5, 5.41) is 15.7. The van der Waals surface area contributed by atoms with E-state index in [0.29, 0.717) is 5.71 Å². The van der Waals surface area contributed by atoms with Crippen molar-refractivity contribution < 1.29 is 13.3 Å². The van der Waals surface area contributed by atoms with E-state index in [1.807, 2.05) is 12.2 Å². The Morgan fingerprint density at radius 3 is 2.11 bits per heavy atom. The minimum atomic E-state index is -4.11. The predicted molar refractivity (Wildman–Crippen MR) is 139 cm³/mol. The highest BCUT2D eigenvalue weighted by atomic mass is 32.2. The lowest BCUT2D eigenvalue weighted by molar-refractivity contribution is -0.384. The van der Waals surface area contributed by atoms with Crippen LogP contribution in [0.15, 0.2) is 104 Å². The molecular formula is C26H28N4O4S. The molecule has 0 fully saturated rings. The molecule has 0 aromatic heterocycles. The maximum atomic E-state index is 13.0. The minimum absolute atomic E-state index is 0.00432. The summed E-state index contributed by atoms with van der Waals surface area (Å²) in [4.78, 5) is 10.7. The molecular weight excluding hydrogens is 464 g/mol. The molecule has 2 aromatic carbocycles. The summed E-state index contributed by atoms with van der Waals surface area (Å²) >= 11 is 0. The van der Waals surface area contributed by atoms with Gasteiger partial charge in [-0.2, -0.15) is 13.5 Å². The molecule has 0 spiro atoms. The molecule has 0 atom stereocenters. The van der Waals surface area contributed by atoms with Gasteiger partial charge in [-0.05, 0) is 52.8 Å². The summed E-state index contributed by atoms with van der Waals surface area (Å²) < 4.78 is 29.9. The van der Waals surface area contributed by atoms with Gasteiger partial charge in [-0.25, -0.2) is 0 Å². The van der Waals surface area contributed by atoms with Crippen molar-refractivity contribution in [3.8, 4) is 0 Å². The number of nitrogens with one attached hydrogen (secondary N) is 1. The van der Waals surface area contributed by atoms with E-state index in [9.17, 15) is 18.5 Å². The third-order valence-corrected chi connectivity index (χ3v) is 6.71. The monoisotopic (exact) mass is 492 g/mol. The molecule has 0 unspecified atom stereocenters. The Hall–Kier alpha value is -3.85. The molecule has 0 bridgehead atoms. The number of nitro groups is 1. The van der Waals surface area contributed by atoms with Gasteiger partial charge in [-0.1, -0.05) is 64.6 Å². The highest BCUT2D eigenvalue weighted by Crippen LogP contribution is 2.32. The second-order valence-corrected chi connectivity index (χ2v) is 10.3. The average Bonchev–Trinajstić information content (AvgIpc) is 2.82. The van der Waals surface area contributed by atoms with Crippen molar-refractivity contribution in [2.45, 2.75) is 32.6 Å². The summed E-state index contributed by atoms with van der Waals surface area (Å²) in [6.07, 6.45) is 3.78. The standard InChI is InChI=1S/C26H28N4O4S/c1-17(2)24-15-21(16-25(18(3)4)19(24)5)27-28-26(20-10-9-11-22(14-20)30(31)32)29-35(33,34)23-12-7-6-8-13-23/h6-18H,5H2,1-4H3,(H,28,29). The summed E-state index contributed by atoms with van der Waals surface area (Å²) in [5.41, 5.74) is 6.35. The number of rotatable bonds is 7. The highest BCUT2D eigenvalue weighted by molar-refractivity contribution is 7.90. The predicted octanol–water partition coefficient (Wildman–Crippen LogP) is 5.41. The lowest BCUT2D eigenvalue weighted by Gasteiger charge is -2.24. The Morgan fingerprint density at radius 1 is 0.971 bits per heavy atom. The average molecular weight is 493 g/mol. The zero-order valence-electron chi connectivity index (χ0n) is 20.1. The topological polar surface area (TPSA) is 114 Å². The van der Waals surface area contributed by atoms with Gasteiger partial charge in [0.2, 0.25) is 0 Å². The molecule has 8 nitrogen and oxygen atoms in total. The van der Waals surface area contributed by atoms with Crippen LogP contribution in [0.2, 0.25) is 0 Å². The smallest absolute Gasteiger partial charge is 0.260 e. The number of nitrogens with zero attached hydrogens (tertiary/aromatic N) is 3. The fraction of sp³-hybridized carbons (Fsp3) is 0.231. The third-order valence-electron chi connectivity index (χ3n) is 5.42. The minimum Gasteiger partial charge on any atom is -0.260 e. The van der Waals surface area contributed by atoms with E-state index in [0.717, 1.165) is 16.7 Å². The molecule has 0 heterocycles. The number of hydrogen-bond donors (Lipinski definition) is 1. The van der Waals surface area contributed by atoms with Gasteiger partial charge in [-0.15, -0.1) is 4.40 Å². The summed E-state index contributed by atoms with van der Waals surface area (Å²) in [5.74, 6) is 0.283. The molecule has 0 saturated carbocycles. The Morgan fingerprint density at radius 2 is 1.57 bits per heavy atom. The number of benzene rings is 2. The summed E-state index contributed by atoms with van der Waals surface area (Å²) in [6.45, 7) is 12.5. The molecule has 1 aliphatic carbocycles. The van der Waals surface area contributed by atoms with Crippen LogP contribution in [0.4, 0.5) is 5.69 Å². The zero-order valence-corrected chi connectivity index (χ0v) is 20.9. The number of non-ortho nitro benzene ring substituents is 1. The van der Waals surface area contributed by atoms with Gasteiger partial charge in [0.25, 0.3) is 15.7 Å². The van der Waals surface area contributed by atoms with Crippen LogP contribution in [-0.2, 0) is 10.0 Å². The van der Waals surface area contributed by atoms with Gasteiger partial charge >= 0.3 is 0 Å².